The fourth-order valence-corrected chi connectivity index (χ4v) is 2.99. The molecule has 1 aromatic carbocycles. The summed E-state index contributed by atoms with van der Waals surface area (Å²) in [6.07, 6.45) is 0. The van der Waals surface area contributed by atoms with Crippen molar-refractivity contribution < 1.29 is 22.7 Å². The molecular formula is C12H9Cl2NO5S. The third-order valence-electron chi connectivity index (χ3n) is 2.55. The zero-order valence-electron chi connectivity index (χ0n) is 10.6. The van der Waals surface area contributed by atoms with Gasteiger partial charge < -0.3 is 9.52 Å². The molecule has 2 N–H and O–H groups in total. The molecule has 1 aromatic heterocycles. The van der Waals surface area contributed by atoms with Gasteiger partial charge in [-0.3, -0.25) is 4.72 Å². The van der Waals surface area contributed by atoms with Gasteiger partial charge in [-0.1, -0.05) is 23.2 Å². The van der Waals surface area contributed by atoms with Crippen molar-refractivity contribution in [1.82, 2.24) is 0 Å². The first-order chi connectivity index (χ1) is 9.70. The van der Waals surface area contributed by atoms with Crippen LogP contribution in [0.2, 0.25) is 10.0 Å². The summed E-state index contributed by atoms with van der Waals surface area (Å²) in [5, 5.41) is 8.68. The van der Waals surface area contributed by atoms with Crippen molar-refractivity contribution in [2.24, 2.45) is 0 Å². The van der Waals surface area contributed by atoms with E-state index >= 15 is 0 Å². The molecule has 1 heterocycles. The minimum Gasteiger partial charge on any atom is -0.475 e. The topological polar surface area (TPSA) is 96.6 Å². The molecule has 0 bridgehead atoms. The Balaban J connectivity index is 2.37. The fourth-order valence-electron chi connectivity index (χ4n) is 1.50. The minimum atomic E-state index is -4.10. The van der Waals surface area contributed by atoms with Crippen LogP contribution in [-0.4, -0.2) is 19.5 Å². The van der Waals surface area contributed by atoms with Crippen LogP contribution in [0.5, 0.6) is 0 Å². The van der Waals surface area contributed by atoms with E-state index in [0.29, 0.717) is 10.6 Å². The highest BCUT2D eigenvalue weighted by atomic mass is 35.5. The van der Waals surface area contributed by atoms with Crippen molar-refractivity contribution in [3.63, 3.8) is 0 Å². The second-order valence-corrected chi connectivity index (χ2v) is 6.54. The molecule has 0 aliphatic heterocycles. The number of aryl methyl sites for hydroxylation is 1. The van der Waals surface area contributed by atoms with Crippen molar-refractivity contribution in [2.45, 2.75) is 12.0 Å². The highest BCUT2D eigenvalue weighted by molar-refractivity contribution is 7.92. The normalized spacial score (nSPS) is 11.4. The third kappa shape index (κ3) is 3.31. The number of furan rings is 1. The van der Waals surface area contributed by atoms with Gasteiger partial charge in [0.15, 0.2) is 0 Å². The molecule has 21 heavy (non-hydrogen) atoms. The SMILES string of the molecule is Cc1cc(Cl)c(NS(=O)(=O)c2ccc(C(=O)O)o2)cc1Cl. The smallest absolute Gasteiger partial charge is 0.371 e. The Bertz CT molecular complexity index is 813. The van der Waals surface area contributed by atoms with Crippen LogP contribution in [0, 0.1) is 6.92 Å². The predicted octanol–water partition coefficient (Wildman–Crippen LogP) is 3.39. The first-order valence-electron chi connectivity index (χ1n) is 5.52. The number of aromatic carboxylic acids is 1. The maximum absolute atomic E-state index is 12.1. The molecule has 0 unspecified atom stereocenters. The molecular weight excluding hydrogens is 341 g/mol. The van der Waals surface area contributed by atoms with E-state index in [2.05, 4.69) is 4.72 Å². The van der Waals surface area contributed by atoms with E-state index in [1.54, 1.807) is 6.92 Å². The first-order valence-corrected chi connectivity index (χ1v) is 7.76. The number of carbonyl (C=O) groups is 1. The molecule has 0 aliphatic rings. The second kappa shape index (κ2) is 5.59. The molecule has 112 valence electrons. The van der Waals surface area contributed by atoms with Crippen LogP contribution in [-0.2, 0) is 10.0 Å². The highest BCUT2D eigenvalue weighted by Crippen LogP contribution is 2.30. The molecule has 0 atom stereocenters. The fraction of sp³-hybridized carbons (Fsp3) is 0.0833. The molecule has 2 rings (SSSR count). The Morgan fingerprint density at radius 2 is 1.90 bits per heavy atom. The summed E-state index contributed by atoms with van der Waals surface area (Å²) in [5.74, 6) is -1.85. The molecule has 0 spiro atoms. The molecule has 0 saturated carbocycles. The number of halogens is 2. The lowest BCUT2D eigenvalue weighted by atomic mass is 10.2. The Hall–Kier alpha value is -1.70. The van der Waals surface area contributed by atoms with E-state index in [1.165, 1.54) is 12.1 Å². The number of hydrogen-bond donors (Lipinski definition) is 2. The van der Waals surface area contributed by atoms with Gasteiger partial charge in [-0.25, -0.2) is 4.79 Å². The number of anilines is 1. The van der Waals surface area contributed by atoms with Crippen LogP contribution in [0.1, 0.15) is 16.1 Å². The Kier molecular flexibility index (Phi) is 4.18. The average Bonchev–Trinajstić information content (AvgIpc) is 2.86. The summed E-state index contributed by atoms with van der Waals surface area (Å²) in [7, 11) is -4.10. The summed E-state index contributed by atoms with van der Waals surface area (Å²) < 4.78 is 31.1. The van der Waals surface area contributed by atoms with Crippen LogP contribution < -0.4 is 4.72 Å². The standard InChI is InChI=1S/C12H9Cl2NO5S/c1-6-4-8(14)9(5-7(6)13)15-21(18,19)11-3-2-10(20-11)12(16)17/h2-5,15H,1H3,(H,16,17). The number of rotatable bonds is 4. The number of nitrogens with one attached hydrogen (secondary N) is 1. The molecule has 0 saturated heterocycles. The predicted molar refractivity (Wildman–Crippen MR) is 77.7 cm³/mol. The van der Waals surface area contributed by atoms with Crippen LogP contribution >= 0.6 is 23.2 Å². The quantitative estimate of drug-likeness (QED) is 0.881. The van der Waals surface area contributed by atoms with E-state index in [1.807, 2.05) is 0 Å². The monoisotopic (exact) mass is 349 g/mol. The molecule has 0 fully saturated rings. The van der Waals surface area contributed by atoms with Gasteiger partial charge >= 0.3 is 5.97 Å². The Labute approximate surface area is 130 Å². The molecule has 0 aliphatic carbocycles. The van der Waals surface area contributed by atoms with Crippen molar-refractivity contribution >= 4 is 44.9 Å². The van der Waals surface area contributed by atoms with Crippen molar-refractivity contribution in [3.05, 3.63) is 45.6 Å². The lowest BCUT2D eigenvalue weighted by molar-refractivity contribution is 0.0656. The van der Waals surface area contributed by atoms with Crippen LogP contribution in [0.4, 0.5) is 5.69 Å². The van der Waals surface area contributed by atoms with Crippen molar-refractivity contribution in [2.75, 3.05) is 4.72 Å². The maximum atomic E-state index is 12.1. The molecule has 9 heteroatoms. The summed E-state index contributed by atoms with van der Waals surface area (Å²) in [6, 6.07) is 4.94. The van der Waals surface area contributed by atoms with E-state index in [4.69, 9.17) is 32.7 Å². The van der Waals surface area contributed by atoms with Gasteiger partial charge in [0.1, 0.15) is 0 Å². The summed E-state index contributed by atoms with van der Waals surface area (Å²) >= 11 is 11.9. The average molecular weight is 350 g/mol. The number of hydrogen-bond acceptors (Lipinski definition) is 4. The number of carboxylic acid groups (broad SMARTS) is 1. The lowest BCUT2D eigenvalue weighted by Crippen LogP contribution is -2.12. The molecule has 0 amide bonds. The summed E-state index contributed by atoms with van der Waals surface area (Å²) in [6.45, 7) is 1.72. The van der Waals surface area contributed by atoms with Crippen LogP contribution in [0.3, 0.4) is 0 Å². The highest BCUT2D eigenvalue weighted by Gasteiger charge is 2.22. The van der Waals surface area contributed by atoms with E-state index in [0.717, 1.165) is 12.1 Å². The van der Waals surface area contributed by atoms with Gasteiger partial charge in [-0.05, 0) is 36.8 Å². The zero-order chi connectivity index (χ0) is 15.8. The van der Waals surface area contributed by atoms with Gasteiger partial charge in [0.2, 0.25) is 10.9 Å². The van der Waals surface area contributed by atoms with Crippen LogP contribution in [0.25, 0.3) is 0 Å². The third-order valence-corrected chi connectivity index (χ3v) is 4.51. The largest absolute Gasteiger partial charge is 0.475 e. The molecule has 2 aromatic rings. The van der Waals surface area contributed by atoms with E-state index in [-0.39, 0.29) is 10.7 Å². The number of benzene rings is 1. The maximum Gasteiger partial charge on any atom is 0.371 e. The van der Waals surface area contributed by atoms with Gasteiger partial charge in [0.05, 0.1) is 10.7 Å². The molecule has 6 nitrogen and oxygen atoms in total. The lowest BCUT2D eigenvalue weighted by Gasteiger charge is -2.09. The summed E-state index contributed by atoms with van der Waals surface area (Å²) in [5.41, 5.74) is 0.760. The van der Waals surface area contributed by atoms with Crippen LogP contribution in [0.15, 0.2) is 33.8 Å². The van der Waals surface area contributed by atoms with Crippen molar-refractivity contribution in [3.8, 4) is 0 Å². The Morgan fingerprint density at radius 1 is 1.24 bits per heavy atom. The summed E-state index contributed by atoms with van der Waals surface area (Å²) in [4.78, 5) is 10.7. The van der Waals surface area contributed by atoms with E-state index in [9.17, 15) is 13.2 Å². The molecule has 0 radical (unpaired) electrons. The van der Waals surface area contributed by atoms with Gasteiger partial charge in [-0.2, -0.15) is 8.42 Å². The van der Waals surface area contributed by atoms with Gasteiger partial charge in [-0.15, -0.1) is 0 Å². The Morgan fingerprint density at radius 3 is 2.48 bits per heavy atom. The zero-order valence-corrected chi connectivity index (χ0v) is 12.9. The van der Waals surface area contributed by atoms with Gasteiger partial charge in [0, 0.05) is 5.02 Å². The van der Waals surface area contributed by atoms with Gasteiger partial charge in [0.25, 0.3) is 10.0 Å². The number of carboxylic acids is 1. The second-order valence-electron chi connectivity index (χ2n) is 4.11. The van der Waals surface area contributed by atoms with Crippen molar-refractivity contribution in [1.29, 1.82) is 0 Å². The first kappa shape index (κ1) is 15.7. The number of sulfonamides is 1. The van der Waals surface area contributed by atoms with E-state index < -0.39 is 26.8 Å². The minimum absolute atomic E-state index is 0.0699.